The quantitative estimate of drug-likeness (QED) is 0.752. The highest BCUT2D eigenvalue weighted by molar-refractivity contribution is 5.52. The Hall–Kier alpha value is -1.89. The van der Waals surface area contributed by atoms with E-state index >= 15 is 0 Å². The third kappa shape index (κ3) is 4.06. The largest absolute Gasteiger partial charge is 0.264 e. The van der Waals surface area contributed by atoms with Gasteiger partial charge in [-0.1, -0.05) is 48.9 Å². The topological polar surface area (TPSA) is 12.9 Å². The number of pyridine rings is 1. The van der Waals surface area contributed by atoms with Crippen molar-refractivity contribution < 1.29 is 0 Å². The van der Waals surface area contributed by atoms with Crippen LogP contribution in [0.25, 0.3) is 6.08 Å². The third-order valence-electron chi connectivity index (χ3n) is 3.39. The molecule has 0 saturated carbocycles. The second kappa shape index (κ2) is 6.89. The lowest BCUT2D eigenvalue weighted by Crippen LogP contribution is -1.94. The number of aromatic nitrogens is 1. The van der Waals surface area contributed by atoms with Crippen molar-refractivity contribution in [1.82, 2.24) is 4.98 Å². The molecule has 0 fully saturated rings. The van der Waals surface area contributed by atoms with Crippen LogP contribution in [-0.4, -0.2) is 4.98 Å². The van der Waals surface area contributed by atoms with Crippen LogP contribution in [0.4, 0.5) is 0 Å². The van der Waals surface area contributed by atoms with Crippen LogP contribution < -0.4 is 0 Å². The summed E-state index contributed by atoms with van der Waals surface area (Å²) in [6.07, 6.45) is 9.42. The Bertz CT molecular complexity index is 541. The molecule has 0 aliphatic rings. The molecular formula is C18H21N. The smallest absolute Gasteiger partial charge is 0.0302 e. The first-order chi connectivity index (χ1) is 9.29. The van der Waals surface area contributed by atoms with Gasteiger partial charge in [0.1, 0.15) is 0 Å². The summed E-state index contributed by atoms with van der Waals surface area (Å²) in [6.45, 7) is 4.40. The van der Waals surface area contributed by atoms with Crippen molar-refractivity contribution >= 4 is 6.08 Å². The zero-order valence-electron chi connectivity index (χ0n) is 11.8. The van der Waals surface area contributed by atoms with Crippen molar-refractivity contribution in [2.75, 3.05) is 0 Å². The summed E-state index contributed by atoms with van der Waals surface area (Å²) in [5.41, 5.74) is 5.50. The van der Waals surface area contributed by atoms with Gasteiger partial charge >= 0.3 is 0 Å². The Kier molecular flexibility index (Phi) is 4.91. The highest BCUT2D eigenvalue weighted by atomic mass is 14.6. The lowest BCUT2D eigenvalue weighted by Gasteiger charge is -2.07. The second-order valence-electron chi connectivity index (χ2n) is 4.90. The summed E-state index contributed by atoms with van der Waals surface area (Å²) >= 11 is 0. The van der Waals surface area contributed by atoms with Gasteiger partial charge in [-0.2, -0.15) is 0 Å². The molecule has 1 nitrogen and oxygen atoms in total. The number of allylic oxidation sites excluding steroid dienone is 1. The molecule has 0 radical (unpaired) electrons. The first-order valence-corrected chi connectivity index (χ1v) is 6.93. The summed E-state index contributed by atoms with van der Waals surface area (Å²) in [4.78, 5) is 4.20. The van der Waals surface area contributed by atoms with E-state index in [2.05, 4.69) is 61.3 Å². The molecule has 2 rings (SSSR count). The molecule has 0 N–H and O–H groups in total. The normalized spacial score (nSPS) is 11.6. The predicted octanol–water partition coefficient (Wildman–Crippen LogP) is 4.68. The van der Waals surface area contributed by atoms with Crippen molar-refractivity contribution in [1.29, 1.82) is 0 Å². The van der Waals surface area contributed by atoms with Crippen LogP contribution in [0.1, 0.15) is 37.0 Å². The van der Waals surface area contributed by atoms with E-state index in [-0.39, 0.29) is 0 Å². The van der Waals surface area contributed by atoms with Gasteiger partial charge in [0, 0.05) is 12.4 Å². The van der Waals surface area contributed by atoms with E-state index in [0.29, 0.717) is 0 Å². The van der Waals surface area contributed by atoms with Gasteiger partial charge < -0.3 is 0 Å². The van der Waals surface area contributed by atoms with Gasteiger partial charge in [-0.3, -0.25) is 4.98 Å². The van der Waals surface area contributed by atoms with Gasteiger partial charge in [-0.15, -0.1) is 0 Å². The maximum absolute atomic E-state index is 4.20. The summed E-state index contributed by atoms with van der Waals surface area (Å²) in [6, 6.07) is 12.7. The molecule has 2 aromatic rings. The fraction of sp³-hybridized carbons (Fsp3) is 0.278. The van der Waals surface area contributed by atoms with E-state index in [1.807, 2.05) is 12.4 Å². The van der Waals surface area contributed by atoms with Crippen LogP contribution in [0.2, 0.25) is 0 Å². The van der Waals surface area contributed by atoms with Gasteiger partial charge in [-0.25, -0.2) is 0 Å². The fourth-order valence-electron chi connectivity index (χ4n) is 2.26. The van der Waals surface area contributed by atoms with Crippen molar-refractivity contribution in [2.24, 2.45) is 0 Å². The average molecular weight is 251 g/mol. The predicted molar refractivity (Wildman–Crippen MR) is 82.0 cm³/mol. The van der Waals surface area contributed by atoms with Gasteiger partial charge in [0.05, 0.1) is 0 Å². The molecule has 1 aromatic carbocycles. The molecule has 0 amide bonds. The second-order valence-corrected chi connectivity index (χ2v) is 4.90. The molecule has 0 atom stereocenters. The Labute approximate surface area is 116 Å². The molecular weight excluding hydrogens is 230 g/mol. The van der Waals surface area contributed by atoms with Crippen LogP contribution >= 0.6 is 0 Å². The molecule has 19 heavy (non-hydrogen) atoms. The molecule has 0 aliphatic carbocycles. The van der Waals surface area contributed by atoms with Crippen molar-refractivity contribution in [2.45, 2.75) is 33.1 Å². The molecule has 1 heteroatoms. The Morgan fingerprint density at radius 2 is 1.89 bits per heavy atom. The Morgan fingerprint density at radius 3 is 2.63 bits per heavy atom. The zero-order valence-corrected chi connectivity index (χ0v) is 11.8. The monoisotopic (exact) mass is 251 g/mol. The maximum Gasteiger partial charge on any atom is 0.0302 e. The van der Waals surface area contributed by atoms with Crippen molar-refractivity contribution in [3.8, 4) is 0 Å². The van der Waals surface area contributed by atoms with E-state index in [1.165, 1.54) is 22.3 Å². The van der Waals surface area contributed by atoms with Gasteiger partial charge in [0.25, 0.3) is 0 Å². The number of hydrogen-bond donors (Lipinski definition) is 0. The first-order valence-electron chi connectivity index (χ1n) is 6.93. The molecule has 0 aliphatic heterocycles. The number of nitrogens with zero attached hydrogens (tertiary/aromatic N) is 1. The molecule has 0 spiro atoms. The van der Waals surface area contributed by atoms with Crippen LogP contribution in [0.15, 0.2) is 54.4 Å². The minimum atomic E-state index is 1.06. The molecule has 0 unspecified atom stereocenters. The molecule has 0 saturated heterocycles. The molecule has 1 heterocycles. The van der Waals surface area contributed by atoms with Crippen LogP contribution in [0.5, 0.6) is 0 Å². The van der Waals surface area contributed by atoms with E-state index in [0.717, 1.165) is 19.3 Å². The van der Waals surface area contributed by atoms with E-state index in [1.54, 1.807) is 0 Å². The summed E-state index contributed by atoms with van der Waals surface area (Å²) < 4.78 is 0. The lowest BCUT2D eigenvalue weighted by atomic mass is 10.00. The van der Waals surface area contributed by atoms with Crippen molar-refractivity contribution in [3.05, 3.63) is 71.1 Å². The van der Waals surface area contributed by atoms with E-state index in [4.69, 9.17) is 0 Å². The highest BCUT2D eigenvalue weighted by Gasteiger charge is 2.01. The summed E-state index contributed by atoms with van der Waals surface area (Å²) in [5.74, 6) is 0. The standard InChI is InChI=1S/C18H21N/c1-3-17-14-19-12-11-18(17)10-9-15(2)13-16-7-5-4-6-8-16/h4-8,11-14H,3,9-10H2,1-2H3. The number of rotatable bonds is 5. The number of aryl methyl sites for hydroxylation is 2. The average Bonchev–Trinajstić information content (AvgIpc) is 2.46. The summed E-state index contributed by atoms with van der Waals surface area (Å²) in [7, 11) is 0. The Balaban J connectivity index is 2.00. The molecule has 0 bridgehead atoms. The SMILES string of the molecule is CCc1cnccc1CCC(C)=Cc1ccccc1. The van der Waals surface area contributed by atoms with Gasteiger partial charge in [0.15, 0.2) is 0 Å². The van der Waals surface area contributed by atoms with E-state index < -0.39 is 0 Å². The van der Waals surface area contributed by atoms with Gasteiger partial charge in [-0.05, 0) is 48.9 Å². The molecule has 1 aromatic heterocycles. The summed E-state index contributed by atoms with van der Waals surface area (Å²) in [5, 5.41) is 0. The van der Waals surface area contributed by atoms with E-state index in [9.17, 15) is 0 Å². The zero-order chi connectivity index (χ0) is 13.5. The lowest BCUT2D eigenvalue weighted by molar-refractivity contribution is 0.913. The van der Waals surface area contributed by atoms with Gasteiger partial charge in [0.2, 0.25) is 0 Å². The first kappa shape index (κ1) is 13.5. The van der Waals surface area contributed by atoms with Crippen molar-refractivity contribution in [3.63, 3.8) is 0 Å². The Morgan fingerprint density at radius 1 is 1.11 bits per heavy atom. The minimum Gasteiger partial charge on any atom is -0.264 e. The van der Waals surface area contributed by atoms with Crippen LogP contribution in [0.3, 0.4) is 0 Å². The highest BCUT2D eigenvalue weighted by Crippen LogP contribution is 2.15. The van der Waals surface area contributed by atoms with Crippen LogP contribution in [0, 0.1) is 0 Å². The fourth-order valence-corrected chi connectivity index (χ4v) is 2.26. The number of benzene rings is 1. The number of hydrogen-bond acceptors (Lipinski definition) is 1. The molecule has 98 valence electrons. The third-order valence-corrected chi connectivity index (χ3v) is 3.39. The van der Waals surface area contributed by atoms with Crippen LogP contribution in [-0.2, 0) is 12.8 Å². The maximum atomic E-state index is 4.20. The minimum absolute atomic E-state index is 1.06.